The third-order valence-electron chi connectivity index (χ3n) is 3.07. The molecule has 1 N–H and O–H groups in total. The monoisotopic (exact) mass is 289 g/mol. The van der Waals surface area contributed by atoms with Crippen molar-refractivity contribution in [3.05, 3.63) is 64.7 Å². The number of rotatable bonds is 4. The maximum atomic E-state index is 12.1. The fourth-order valence-electron chi connectivity index (χ4n) is 1.86. The van der Waals surface area contributed by atoms with Crippen LogP contribution in [-0.4, -0.2) is 13.0 Å². The number of benzene rings is 2. The molecule has 0 aliphatic carbocycles. The molecule has 0 unspecified atom stereocenters. The smallest absolute Gasteiger partial charge is 0.251 e. The molecule has 104 valence electrons. The Labute approximate surface area is 123 Å². The van der Waals surface area contributed by atoms with Crippen LogP contribution in [0.4, 0.5) is 0 Å². The van der Waals surface area contributed by atoms with Gasteiger partial charge in [-0.05, 0) is 48.9 Å². The molecule has 0 heterocycles. The fourth-order valence-corrected chi connectivity index (χ4v) is 1.98. The van der Waals surface area contributed by atoms with Crippen LogP contribution in [0.2, 0.25) is 5.02 Å². The van der Waals surface area contributed by atoms with E-state index in [-0.39, 0.29) is 11.9 Å². The van der Waals surface area contributed by atoms with Crippen molar-refractivity contribution < 1.29 is 9.53 Å². The first-order valence-electron chi connectivity index (χ1n) is 6.30. The zero-order chi connectivity index (χ0) is 14.5. The van der Waals surface area contributed by atoms with E-state index in [0.717, 1.165) is 11.3 Å². The van der Waals surface area contributed by atoms with Crippen LogP contribution in [0.3, 0.4) is 0 Å². The highest BCUT2D eigenvalue weighted by molar-refractivity contribution is 6.30. The molecule has 0 saturated carbocycles. The van der Waals surface area contributed by atoms with Gasteiger partial charge in [0.2, 0.25) is 0 Å². The summed E-state index contributed by atoms with van der Waals surface area (Å²) in [4.78, 5) is 12.1. The number of carbonyl (C=O) groups is 1. The molecule has 0 saturated heterocycles. The Balaban J connectivity index is 2.04. The van der Waals surface area contributed by atoms with E-state index in [2.05, 4.69) is 5.32 Å². The van der Waals surface area contributed by atoms with Crippen LogP contribution in [0.15, 0.2) is 48.5 Å². The second-order valence-electron chi connectivity index (χ2n) is 4.48. The van der Waals surface area contributed by atoms with E-state index in [1.54, 1.807) is 31.4 Å². The van der Waals surface area contributed by atoms with E-state index in [1.807, 2.05) is 31.2 Å². The molecule has 2 rings (SSSR count). The number of hydrogen-bond acceptors (Lipinski definition) is 2. The molecule has 0 aromatic heterocycles. The SMILES string of the molecule is COc1ccc([C@H](C)NC(=O)c2ccc(Cl)cc2)cc1. The van der Waals surface area contributed by atoms with Gasteiger partial charge < -0.3 is 10.1 Å². The highest BCUT2D eigenvalue weighted by Crippen LogP contribution is 2.18. The predicted molar refractivity (Wildman–Crippen MR) is 80.3 cm³/mol. The van der Waals surface area contributed by atoms with Gasteiger partial charge in [-0.1, -0.05) is 23.7 Å². The van der Waals surface area contributed by atoms with Crippen LogP contribution in [-0.2, 0) is 0 Å². The molecule has 1 atom stereocenters. The van der Waals surface area contributed by atoms with Crippen molar-refractivity contribution >= 4 is 17.5 Å². The van der Waals surface area contributed by atoms with E-state index >= 15 is 0 Å². The van der Waals surface area contributed by atoms with Gasteiger partial charge >= 0.3 is 0 Å². The molecule has 0 aliphatic heterocycles. The lowest BCUT2D eigenvalue weighted by Gasteiger charge is -2.15. The third-order valence-corrected chi connectivity index (χ3v) is 3.32. The lowest BCUT2D eigenvalue weighted by atomic mass is 10.1. The van der Waals surface area contributed by atoms with E-state index in [1.165, 1.54) is 0 Å². The van der Waals surface area contributed by atoms with E-state index in [9.17, 15) is 4.79 Å². The molecule has 4 heteroatoms. The number of amides is 1. The van der Waals surface area contributed by atoms with E-state index in [0.29, 0.717) is 10.6 Å². The lowest BCUT2D eigenvalue weighted by molar-refractivity contribution is 0.0940. The number of methoxy groups -OCH3 is 1. The summed E-state index contributed by atoms with van der Waals surface area (Å²) in [6.45, 7) is 1.94. The van der Waals surface area contributed by atoms with E-state index in [4.69, 9.17) is 16.3 Å². The molecule has 1 amide bonds. The fraction of sp³-hybridized carbons (Fsp3) is 0.188. The van der Waals surface area contributed by atoms with Gasteiger partial charge in [-0.2, -0.15) is 0 Å². The first-order chi connectivity index (χ1) is 9.60. The Morgan fingerprint density at radius 1 is 1.10 bits per heavy atom. The van der Waals surface area contributed by atoms with Gasteiger partial charge in [0.15, 0.2) is 0 Å². The summed E-state index contributed by atoms with van der Waals surface area (Å²) in [7, 11) is 1.63. The highest BCUT2D eigenvalue weighted by atomic mass is 35.5. The Morgan fingerprint density at radius 3 is 2.25 bits per heavy atom. The van der Waals surface area contributed by atoms with Crippen LogP contribution in [0.25, 0.3) is 0 Å². The zero-order valence-corrected chi connectivity index (χ0v) is 12.1. The minimum absolute atomic E-state index is 0.0796. The second kappa shape index (κ2) is 6.44. The van der Waals surface area contributed by atoms with Crippen molar-refractivity contribution in [2.45, 2.75) is 13.0 Å². The summed E-state index contributed by atoms with van der Waals surface area (Å²) < 4.78 is 5.11. The first-order valence-corrected chi connectivity index (χ1v) is 6.68. The largest absolute Gasteiger partial charge is 0.497 e. The van der Waals surface area contributed by atoms with Crippen LogP contribution < -0.4 is 10.1 Å². The molecule has 2 aromatic rings. The van der Waals surface area contributed by atoms with Gasteiger partial charge in [-0.25, -0.2) is 0 Å². The van der Waals surface area contributed by atoms with Crippen molar-refractivity contribution in [3.63, 3.8) is 0 Å². The van der Waals surface area contributed by atoms with Crippen LogP contribution in [0.1, 0.15) is 28.9 Å². The predicted octanol–water partition coefficient (Wildman–Crippen LogP) is 3.84. The topological polar surface area (TPSA) is 38.3 Å². The average Bonchev–Trinajstić information content (AvgIpc) is 2.48. The van der Waals surface area contributed by atoms with Gasteiger partial charge in [0, 0.05) is 10.6 Å². The van der Waals surface area contributed by atoms with Crippen molar-refractivity contribution in [3.8, 4) is 5.75 Å². The number of hydrogen-bond donors (Lipinski definition) is 1. The molecule has 2 aromatic carbocycles. The van der Waals surface area contributed by atoms with E-state index < -0.39 is 0 Å². The van der Waals surface area contributed by atoms with Gasteiger partial charge in [0.25, 0.3) is 5.91 Å². The lowest BCUT2D eigenvalue weighted by Crippen LogP contribution is -2.26. The summed E-state index contributed by atoms with van der Waals surface area (Å²) in [5, 5.41) is 3.56. The average molecular weight is 290 g/mol. The number of halogens is 1. The van der Waals surface area contributed by atoms with Crippen LogP contribution in [0, 0.1) is 0 Å². The highest BCUT2D eigenvalue weighted by Gasteiger charge is 2.11. The van der Waals surface area contributed by atoms with Gasteiger partial charge in [0.05, 0.1) is 13.2 Å². The molecule has 0 aliphatic rings. The van der Waals surface area contributed by atoms with Crippen molar-refractivity contribution in [2.75, 3.05) is 7.11 Å². The van der Waals surface area contributed by atoms with Gasteiger partial charge in [0.1, 0.15) is 5.75 Å². The zero-order valence-electron chi connectivity index (χ0n) is 11.4. The van der Waals surface area contributed by atoms with Crippen molar-refractivity contribution in [1.82, 2.24) is 5.32 Å². The first kappa shape index (κ1) is 14.4. The molecule has 0 radical (unpaired) electrons. The maximum Gasteiger partial charge on any atom is 0.251 e. The van der Waals surface area contributed by atoms with Crippen molar-refractivity contribution in [2.24, 2.45) is 0 Å². The summed E-state index contributed by atoms with van der Waals surface area (Å²) in [6, 6.07) is 14.4. The standard InChI is InChI=1S/C16H16ClNO2/c1-11(12-5-9-15(20-2)10-6-12)18-16(19)13-3-7-14(17)8-4-13/h3-11H,1-2H3,(H,18,19)/t11-/m0/s1. The Bertz CT molecular complexity index is 578. The maximum absolute atomic E-state index is 12.1. The third kappa shape index (κ3) is 3.52. The number of carbonyl (C=O) groups excluding carboxylic acids is 1. The number of ether oxygens (including phenoxy) is 1. The molecule has 0 spiro atoms. The quantitative estimate of drug-likeness (QED) is 0.929. The molecule has 3 nitrogen and oxygen atoms in total. The van der Waals surface area contributed by atoms with Gasteiger partial charge in [-0.3, -0.25) is 4.79 Å². The van der Waals surface area contributed by atoms with Crippen molar-refractivity contribution in [1.29, 1.82) is 0 Å². The molecular weight excluding hydrogens is 274 g/mol. The minimum atomic E-state index is -0.120. The summed E-state index contributed by atoms with van der Waals surface area (Å²) in [5.74, 6) is 0.676. The molecule has 0 fully saturated rings. The Kier molecular flexibility index (Phi) is 4.64. The Hall–Kier alpha value is -2.00. The minimum Gasteiger partial charge on any atom is -0.497 e. The molecule has 20 heavy (non-hydrogen) atoms. The Morgan fingerprint density at radius 2 is 1.70 bits per heavy atom. The van der Waals surface area contributed by atoms with Gasteiger partial charge in [-0.15, -0.1) is 0 Å². The summed E-state index contributed by atoms with van der Waals surface area (Å²) in [5.41, 5.74) is 1.61. The normalized spacial score (nSPS) is 11.8. The van der Waals surface area contributed by atoms with Crippen LogP contribution in [0.5, 0.6) is 5.75 Å². The summed E-state index contributed by atoms with van der Waals surface area (Å²) >= 11 is 5.80. The number of nitrogens with one attached hydrogen (secondary N) is 1. The molecule has 0 bridgehead atoms. The second-order valence-corrected chi connectivity index (χ2v) is 4.91. The summed E-state index contributed by atoms with van der Waals surface area (Å²) in [6.07, 6.45) is 0. The van der Waals surface area contributed by atoms with Crippen LogP contribution >= 0.6 is 11.6 Å². The molecular formula is C16H16ClNO2.